The van der Waals surface area contributed by atoms with Crippen molar-refractivity contribution < 1.29 is 4.79 Å². The maximum absolute atomic E-state index is 12.7. The lowest BCUT2D eigenvalue weighted by Gasteiger charge is -2.37. The molecule has 4 nitrogen and oxygen atoms in total. The van der Waals surface area contributed by atoms with Gasteiger partial charge in [-0.05, 0) is 56.2 Å². The Morgan fingerprint density at radius 2 is 1.64 bits per heavy atom. The molecule has 1 saturated heterocycles. The number of nitrogens with zero attached hydrogens (tertiary/aromatic N) is 2. The molecule has 1 fully saturated rings. The van der Waals surface area contributed by atoms with Crippen molar-refractivity contribution in [2.24, 2.45) is 0 Å². The largest absolute Gasteiger partial charge is 0.374 e. The fourth-order valence-electron chi connectivity index (χ4n) is 3.24. The van der Waals surface area contributed by atoms with E-state index >= 15 is 0 Å². The molecular weight excluding hydrogens is 310 g/mol. The summed E-state index contributed by atoms with van der Waals surface area (Å²) in [6.45, 7) is 9.44. The number of carbonyl (C=O) groups is 1. The molecule has 0 saturated carbocycles. The van der Waals surface area contributed by atoms with Crippen molar-refractivity contribution in [3.05, 3.63) is 59.7 Å². The summed E-state index contributed by atoms with van der Waals surface area (Å²) in [5, 5.41) is 3.35. The lowest BCUT2D eigenvalue weighted by atomic mass is 10.1. The van der Waals surface area contributed by atoms with E-state index in [0.717, 1.165) is 31.9 Å². The smallest absolute Gasteiger partial charge is 0.244 e. The van der Waals surface area contributed by atoms with Gasteiger partial charge in [-0.3, -0.25) is 4.79 Å². The molecule has 1 aliphatic rings. The fraction of sp³-hybridized carbons (Fsp3) is 0.381. The lowest BCUT2D eigenvalue weighted by molar-refractivity contribution is -0.131. The molecule has 2 aromatic carbocycles. The van der Waals surface area contributed by atoms with E-state index in [4.69, 9.17) is 0 Å². The molecule has 25 heavy (non-hydrogen) atoms. The number of amides is 1. The number of hydrogen-bond donors (Lipinski definition) is 1. The van der Waals surface area contributed by atoms with Gasteiger partial charge in [-0.2, -0.15) is 0 Å². The minimum Gasteiger partial charge on any atom is -0.374 e. The van der Waals surface area contributed by atoms with Crippen molar-refractivity contribution in [1.29, 1.82) is 0 Å². The first-order valence-corrected chi connectivity index (χ1v) is 8.97. The van der Waals surface area contributed by atoms with Crippen molar-refractivity contribution in [1.82, 2.24) is 4.90 Å². The Morgan fingerprint density at radius 3 is 2.28 bits per heavy atom. The molecule has 0 radical (unpaired) electrons. The molecule has 1 N–H and O–H groups in total. The summed E-state index contributed by atoms with van der Waals surface area (Å²) in [6, 6.07) is 16.4. The first kappa shape index (κ1) is 17.3. The number of rotatable bonds is 4. The van der Waals surface area contributed by atoms with E-state index in [1.165, 1.54) is 16.8 Å². The van der Waals surface area contributed by atoms with E-state index in [1.807, 2.05) is 24.0 Å². The Kier molecular flexibility index (Phi) is 5.27. The number of aryl methyl sites for hydroxylation is 2. The fourth-order valence-corrected chi connectivity index (χ4v) is 3.24. The number of anilines is 2. The number of piperazine rings is 1. The van der Waals surface area contributed by atoms with E-state index in [9.17, 15) is 4.79 Å². The Hall–Kier alpha value is -2.49. The highest BCUT2D eigenvalue weighted by atomic mass is 16.2. The monoisotopic (exact) mass is 337 g/mol. The van der Waals surface area contributed by atoms with E-state index < -0.39 is 0 Å². The quantitative estimate of drug-likeness (QED) is 0.928. The third-order valence-electron chi connectivity index (χ3n) is 4.97. The van der Waals surface area contributed by atoms with Gasteiger partial charge in [-0.1, -0.05) is 24.3 Å². The second-order valence-electron chi connectivity index (χ2n) is 6.81. The van der Waals surface area contributed by atoms with Crippen LogP contribution in [0.1, 0.15) is 18.1 Å². The van der Waals surface area contributed by atoms with Gasteiger partial charge < -0.3 is 15.1 Å². The zero-order valence-corrected chi connectivity index (χ0v) is 15.3. The van der Waals surface area contributed by atoms with Crippen LogP contribution in [0.25, 0.3) is 0 Å². The van der Waals surface area contributed by atoms with Crippen molar-refractivity contribution in [3.8, 4) is 0 Å². The first-order valence-electron chi connectivity index (χ1n) is 8.97. The van der Waals surface area contributed by atoms with Crippen LogP contribution in [0.5, 0.6) is 0 Å². The molecule has 0 spiro atoms. The van der Waals surface area contributed by atoms with Crippen LogP contribution in [0.4, 0.5) is 11.4 Å². The highest BCUT2D eigenvalue weighted by Crippen LogP contribution is 2.18. The van der Waals surface area contributed by atoms with E-state index in [2.05, 4.69) is 60.5 Å². The Morgan fingerprint density at radius 1 is 0.960 bits per heavy atom. The maximum Gasteiger partial charge on any atom is 0.244 e. The average molecular weight is 337 g/mol. The molecule has 2 aromatic rings. The molecule has 1 atom stereocenters. The van der Waals surface area contributed by atoms with E-state index in [0.29, 0.717) is 0 Å². The second kappa shape index (κ2) is 7.60. The number of para-hydroxylation sites is 1. The van der Waals surface area contributed by atoms with Gasteiger partial charge in [0.1, 0.15) is 6.04 Å². The zero-order chi connectivity index (χ0) is 17.8. The minimum absolute atomic E-state index is 0.172. The molecular formula is C21H27N3O. The minimum atomic E-state index is -0.217. The third kappa shape index (κ3) is 4.13. The standard InChI is InChI=1S/C21H27N3O/c1-16-9-10-19(15-17(16)2)22-18(3)21(25)24-13-11-23(12-14-24)20-7-5-4-6-8-20/h4-10,15,18,22H,11-14H2,1-3H3/t18-/m1/s1. The third-order valence-corrected chi connectivity index (χ3v) is 4.97. The van der Waals surface area contributed by atoms with Crippen molar-refractivity contribution >= 4 is 17.3 Å². The van der Waals surface area contributed by atoms with Gasteiger partial charge in [0.25, 0.3) is 0 Å². The predicted octanol–water partition coefficient (Wildman–Crippen LogP) is 3.45. The number of carbonyl (C=O) groups excluding carboxylic acids is 1. The van der Waals surface area contributed by atoms with E-state index in [1.54, 1.807) is 0 Å². The molecule has 132 valence electrons. The Balaban J connectivity index is 1.55. The van der Waals surface area contributed by atoms with Crippen LogP contribution >= 0.6 is 0 Å². The highest BCUT2D eigenvalue weighted by Gasteiger charge is 2.25. The molecule has 1 amide bonds. The van der Waals surface area contributed by atoms with Crippen LogP contribution in [0.2, 0.25) is 0 Å². The second-order valence-corrected chi connectivity index (χ2v) is 6.81. The topological polar surface area (TPSA) is 35.6 Å². The lowest BCUT2D eigenvalue weighted by Crippen LogP contribution is -2.52. The molecule has 4 heteroatoms. The predicted molar refractivity (Wildman–Crippen MR) is 104 cm³/mol. The van der Waals surface area contributed by atoms with E-state index in [-0.39, 0.29) is 11.9 Å². The highest BCUT2D eigenvalue weighted by molar-refractivity contribution is 5.84. The average Bonchev–Trinajstić information content (AvgIpc) is 2.65. The Bertz CT molecular complexity index is 721. The van der Waals surface area contributed by atoms with Crippen molar-refractivity contribution in [3.63, 3.8) is 0 Å². The molecule has 0 unspecified atom stereocenters. The molecule has 0 bridgehead atoms. The normalized spacial score (nSPS) is 15.8. The summed E-state index contributed by atoms with van der Waals surface area (Å²) >= 11 is 0. The summed E-state index contributed by atoms with van der Waals surface area (Å²) in [5.41, 5.74) is 4.74. The van der Waals surface area contributed by atoms with Gasteiger partial charge in [-0.25, -0.2) is 0 Å². The zero-order valence-electron chi connectivity index (χ0n) is 15.3. The SMILES string of the molecule is Cc1ccc(N[C@H](C)C(=O)N2CCN(c3ccccc3)CC2)cc1C. The first-order chi connectivity index (χ1) is 12.0. The number of hydrogen-bond acceptors (Lipinski definition) is 3. The Labute approximate surface area is 150 Å². The summed E-state index contributed by atoms with van der Waals surface area (Å²) < 4.78 is 0. The van der Waals surface area contributed by atoms with Gasteiger partial charge in [0.05, 0.1) is 0 Å². The summed E-state index contributed by atoms with van der Waals surface area (Å²) in [5.74, 6) is 0.172. The van der Waals surface area contributed by atoms with Crippen molar-refractivity contribution in [2.45, 2.75) is 26.8 Å². The van der Waals surface area contributed by atoms with Gasteiger partial charge in [-0.15, -0.1) is 0 Å². The molecule has 3 rings (SSSR count). The molecule has 1 aliphatic heterocycles. The van der Waals surface area contributed by atoms with Gasteiger partial charge in [0, 0.05) is 37.6 Å². The summed E-state index contributed by atoms with van der Waals surface area (Å²) in [6.07, 6.45) is 0. The maximum atomic E-state index is 12.7. The number of nitrogens with one attached hydrogen (secondary N) is 1. The summed E-state index contributed by atoms with van der Waals surface area (Å²) in [4.78, 5) is 17.1. The van der Waals surface area contributed by atoms with Crippen LogP contribution < -0.4 is 10.2 Å². The van der Waals surface area contributed by atoms with Gasteiger partial charge in [0.2, 0.25) is 5.91 Å². The van der Waals surface area contributed by atoms with Crippen LogP contribution in [0.15, 0.2) is 48.5 Å². The van der Waals surface area contributed by atoms with Crippen LogP contribution in [-0.2, 0) is 4.79 Å². The van der Waals surface area contributed by atoms with Crippen molar-refractivity contribution in [2.75, 3.05) is 36.4 Å². The van der Waals surface area contributed by atoms with Gasteiger partial charge in [0.15, 0.2) is 0 Å². The number of benzene rings is 2. The van der Waals surface area contributed by atoms with Crippen LogP contribution in [0, 0.1) is 13.8 Å². The summed E-state index contributed by atoms with van der Waals surface area (Å²) in [7, 11) is 0. The van der Waals surface area contributed by atoms with Crippen LogP contribution in [0.3, 0.4) is 0 Å². The molecule has 1 heterocycles. The molecule has 0 aliphatic carbocycles. The molecule has 0 aromatic heterocycles. The van der Waals surface area contributed by atoms with Gasteiger partial charge >= 0.3 is 0 Å². The van der Waals surface area contributed by atoms with Crippen LogP contribution in [-0.4, -0.2) is 43.0 Å².